The first-order valence-corrected chi connectivity index (χ1v) is 12.1. The number of aliphatic carboxylic acids is 1. The number of nitrogens with one attached hydrogen (secondary N) is 1. The van der Waals surface area contributed by atoms with Gasteiger partial charge in [0.25, 0.3) is 0 Å². The molecule has 7 nitrogen and oxygen atoms in total. The van der Waals surface area contributed by atoms with E-state index in [2.05, 4.69) is 5.32 Å². The smallest absolute Gasteiger partial charge is 0.408 e. The van der Waals surface area contributed by atoms with Gasteiger partial charge in [-0.3, -0.25) is 4.79 Å². The van der Waals surface area contributed by atoms with Gasteiger partial charge in [-0.15, -0.1) is 0 Å². The van der Waals surface area contributed by atoms with Crippen LogP contribution >= 0.6 is 0 Å². The van der Waals surface area contributed by atoms with Gasteiger partial charge in [0.05, 0.1) is 11.3 Å². The Kier molecular flexibility index (Phi) is 8.18. The number of primary amides is 1. The van der Waals surface area contributed by atoms with Crippen LogP contribution in [0, 0.1) is 5.92 Å². The predicted molar refractivity (Wildman–Crippen MR) is 143 cm³/mol. The largest absolute Gasteiger partial charge is 0.480 e. The molecule has 38 heavy (non-hydrogen) atoms. The number of hydrogen-bond donors (Lipinski definition) is 3. The number of hydrogen-bond acceptors (Lipinski definition) is 4. The van der Waals surface area contributed by atoms with Crippen LogP contribution in [0.2, 0.25) is 0 Å². The Bertz CT molecular complexity index is 1270. The standard InChI is InChI=1S/C31H28N2O5/c32-28(34)26(27(29(35)36)33-30(37)38-21-22-13-5-1-6-14-22)31(23-15-7-2-8-16-23,24-17-9-3-10-18-24)25-19-11-4-12-20-25/h1-20,26-27H,21H2,(H2,32,34)(H,33,37)(H,35,36). The Labute approximate surface area is 220 Å². The first kappa shape index (κ1) is 26.2. The number of carboxylic acids is 1. The van der Waals surface area contributed by atoms with Crippen molar-refractivity contribution < 1.29 is 24.2 Å². The molecular weight excluding hydrogens is 480 g/mol. The Morgan fingerprint density at radius 2 is 1.11 bits per heavy atom. The number of carbonyl (C=O) groups is 3. The summed E-state index contributed by atoms with van der Waals surface area (Å²) in [6.45, 7) is -0.0680. The monoisotopic (exact) mass is 508 g/mol. The molecule has 0 heterocycles. The maximum atomic E-state index is 13.3. The fourth-order valence-electron chi connectivity index (χ4n) is 4.95. The average molecular weight is 509 g/mol. The van der Waals surface area contributed by atoms with Crippen LogP contribution < -0.4 is 11.1 Å². The van der Waals surface area contributed by atoms with Crippen molar-refractivity contribution in [3.8, 4) is 0 Å². The van der Waals surface area contributed by atoms with Crippen molar-refractivity contribution in [2.24, 2.45) is 11.7 Å². The molecule has 0 aromatic heterocycles. The molecule has 2 amide bonds. The zero-order chi connectivity index (χ0) is 27.0. The first-order valence-electron chi connectivity index (χ1n) is 12.1. The van der Waals surface area contributed by atoms with E-state index in [1.165, 1.54) is 0 Å². The van der Waals surface area contributed by atoms with Gasteiger partial charge in [0, 0.05) is 0 Å². The van der Waals surface area contributed by atoms with E-state index in [1.807, 2.05) is 97.1 Å². The molecule has 0 spiro atoms. The summed E-state index contributed by atoms with van der Waals surface area (Å²) in [6.07, 6.45) is -0.976. The highest BCUT2D eigenvalue weighted by Crippen LogP contribution is 2.46. The predicted octanol–water partition coefficient (Wildman–Crippen LogP) is 4.50. The number of alkyl carbamates (subject to hydrolysis) is 1. The Balaban J connectivity index is 1.86. The topological polar surface area (TPSA) is 119 Å². The molecule has 0 aliphatic heterocycles. The normalized spacial score (nSPS) is 12.6. The fourth-order valence-corrected chi connectivity index (χ4v) is 4.95. The minimum absolute atomic E-state index is 0.0680. The maximum absolute atomic E-state index is 13.3. The summed E-state index contributed by atoms with van der Waals surface area (Å²) >= 11 is 0. The maximum Gasteiger partial charge on any atom is 0.408 e. The van der Waals surface area contributed by atoms with E-state index < -0.39 is 35.3 Å². The molecule has 4 N–H and O–H groups in total. The van der Waals surface area contributed by atoms with Crippen LogP contribution in [0.25, 0.3) is 0 Å². The molecule has 7 heteroatoms. The lowest BCUT2D eigenvalue weighted by Crippen LogP contribution is -2.58. The molecule has 0 saturated carbocycles. The van der Waals surface area contributed by atoms with Gasteiger partial charge in [0.15, 0.2) is 0 Å². The van der Waals surface area contributed by atoms with Crippen molar-refractivity contribution in [1.82, 2.24) is 5.32 Å². The second-order valence-electron chi connectivity index (χ2n) is 8.81. The quantitative estimate of drug-likeness (QED) is 0.273. The molecule has 4 aromatic rings. The molecule has 0 fully saturated rings. The van der Waals surface area contributed by atoms with Crippen molar-refractivity contribution >= 4 is 18.0 Å². The van der Waals surface area contributed by atoms with Crippen LogP contribution in [-0.4, -0.2) is 29.1 Å². The van der Waals surface area contributed by atoms with Crippen LogP contribution in [0.5, 0.6) is 0 Å². The molecule has 0 aliphatic rings. The number of amides is 2. The van der Waals surface area contributed by atoms with E-state index >= 15 is 0 Å². The van der Waals surface area contributed by atoms with Crippen LogP contribution in [0.1, 0.15) is 22.3 Å². The third-order valence-corrected chi connectivity index (χ3v) is 6.55. The average Bonchev–Trinajstić information content (AvgIpc) is 2.95. The van der Waals surface area contributed by atoms with Gasteiger partial charge in [0.2, 0.25) is 5.91 Å². The second-order valence-corrected chi connectivity index (χ2v) is 8.81. The van der Waals surface area contributed by atoms with Gasteiger partial charge in [-0.05, 0) is 22.3 Å². The molecule has 0 aliphatic carbocycles. The van der Waals surface area contributed by atoms with Crippen molar-refractivity contribution in [2.45, 2.75) is 18.1 Å². The number of ether oxygens (including phenoxy) is 1. The van der Waals surface area contributed by atoms with Crippen LogP contribution in [0.15, 0.2) is 121 Å². The molecule has 0 bridgehead atoms. The highest BCUT2D eigenvalue weighted by molar-refractivity contribution is 5.91. The highest BCUT2D eigenvalue weighted by Gasteiger charge is 2.53. The van der Waals surface area contributed by atoms with Gasteiger partial charge < -0.3 is 20.9 Å². The summed E-state index contributed by atoms with van der Waals surface area (Å²) in [5, 5.41) is 12.8. The van der Waals surface area contributed by atoms with E-state index in [1.54, 1.807) is 24.3 Å². The van der Waals surface area contributed by atoms with Gasteiger partial charge >= 0.3 is 12.1 Å². The third-order valence-electron chi connectivity index (χ3n) is 6.55. The number of nitrogens with two attached hydrogens (primary N) is 1. The number of benzene rings is 4. The van der Waals surface area contributed by atoms with Crippen molar-refractivity contribution in [3.05, 3.63) is 144 Å². The summed E-state index contributed by atoms with van der Waals surface area (Å²) < 4.78 is 5.30. The number of carbonyl (C=O) groups excluding carboxylic acids is 2. The number of rotatable bonds is 10. The first-order chi connectivity index (χ1) is 18.4. The van der Waals surface area contributed by atoms with E-state index in [9.17, 15) is 19.5 Å². The summed E-state index contributed by atoms with van der Waals surface area (Å²) in [6, 6.07) is 34.6. The van der Waals surface area contributed by atoms with Crippen LogP contribution in [-0.2, 0) is 26.3 Å². The lowest BCUT2D eigenvalue weighted by Gasteiger charge is -2.43. The summed E-state index contributed by atoms with van der Waals surface area (Å²) in [7, 11) is 0. The van der Waals surface area contributed by atoms with E-state index in [0.717, 1.165) is 5.56 Å². The molecule has 0 saturated heterocycles. The minimum Gasteiger partial charge on any atom is -0.480 e. The third kappa shape index (κ3) is 5.42. The summed E-state index contributed by atoms with van der Waals surface area (Å²) in [4.78, 5) is 38.9. The Hall–Kier alpha value is -4.91. The lowest BCUT2D eigenvalue weighted by atomic mass is 9.59. The van der Waals surface area contributed by atoms with Crippen molar-refractivity contribution in [2.75, 3.05) is 0 Å². The van der Waals surface area contributed by atoms with E-state index in [4.69, 9.17) is 10.5 Å². The Morgan fingerprint density at radius 1 is 0.711 bits per heavy atom. The highest BCUT2D eigenvalue weighted by atomic mass is 16.5. The molecule has 4 rings (SSSR count). The SMILES string of the molecule is NC(=O)C(C(NC(=O)OCc1ccccc1)C(=O)O)C(c1ccccc1)(c1ccccc1)c1ccccc1. The molecular formula is C31H28N2O5. The Morgan fingerprint density at radius 3 is 1.47 bits per heavy atom. The minimum atomic E-state index is -1.71. The lowest BCUT2D eigenvalue weighted by molar-refractivity contribution is -0.144. The molecule has 2 atom stereocenters. The summed E-state index contributed by atoms with van der Waals surface area (Å²) in [5.74, 6) is -3.74. The molecule has 192 valence electrons. The summed E-state index contributed by atoms with van der Waals surface area (Å²) in [5.41, 5.74) is 7.33. The van der Waals surface area contributed by atoms with Gasteiger partial charge in [-0.25, -0.2) is 9.59 Å². The van der Waals surface area contributed by atoms with Gasteiger partial charge in [-0.1, -0.05) is 121 Å². The van der Waals surface area contributed by atoms with Crippen LogP contribution in [0.4, 0.5) is 4.79 Å². The second kappa shape index (κ2) is 11.9. The van der Waals surface area contributed by atoms with Gasteiger partial charge in [-0.2, -0.15) is 0 Å². The van der Waals surface area contributed by atoms with Crippen molar-refractivity contribution in [3.63, 3.8) is 0 Å². The van der Waals surface area contributed by atoms with E-state index in [-0.39, 0.29) is 6.61 Å². The molecule has 4 aromatic carbocycles. The zero-order valence-electron chi connectivity index (χ0n) is 20.6. The molecule has 2 unspecified atom stereocenters. The van der Waals surface area contributed by atoms with Crippen molar-refractivity contribution in [1.29, 1.82) is 0 Å². The number of carboxylic acid groups (broad SMARTS) is 1. The fraction of sp³-hybridized carbons (Fsp3) is 0.129. The van der Waals surface area contributed by atoms with Gasteiger partial charge in [0.1, 0.15) is 12.6 Å². The zero-order valence-corrected chi connectivity index (χ0v) is 20.6. The molecule has 0 radical (unpaired) electrons. The van der Waals surface area contributed by atoms with E-state index in [0.29, 0.717) is 16.7 Å². The van der Waals surface area contributed by atoms with Crippen LogP contribution in [0.3, 0.4) is 0 Å².